The van der Waals surface area contributed by atoms with E-state index in [0.717, 1.165) is 10.9 Å². The first-order chi connectivity index (χ1) is 14.5. The third kappa shape index (κ3) is 4.13. The number of rotatable bonds is 6. The maximum atomic E-state index is 13.3. The summed E-state index contributed by atoms with van der Waals surface area (Å²) >= 11 is 0. The van der Waals surface area contributed by atoms with Crippen LogP contribution in [0, 0.1) is 5.82 Å². The average Bonchev–Trinajstić information content (AvgIpc) is 3.21. The second kappa shape index (κ2) is 8.16. The summed E-state index contributed by atoms with van der Waals surface area (Å²) in [4.78, 5) is 29.8. The van der Waals surface area contributed by atoms with Gasteiger partial charge in [-0.25, -0.2) is 4.39 Å². The van der Waals surface area contributed by atoms with E-state index in [0.29, 0.717) is 17.9 Å². The van der Waals surface area contributed by atoms with Gasteiger partial charge in [0.05, 0.1) is 19.6 Å². The van der Waals surface area contributed by atoms with Crippen molar-refractivity contribution < 1.29 is 23.5 Å². The van der Waals surface area contributed by atoms with Crippen molar-refractivity contribution in [2.75, 3.05) is 26.3 Å². The van der Waals surface area contributed by atoms with E-state index in [1.807, 2.05) is 18.2 Å². The second-order valence-electron chi connectivity index (χ2n) is 7.39. The lowest BCUT2D eigenvalue weighted by atomic mass is 9.96. The van der Waals surface area contributed by atoms with Gasteiger partial charge in [-0.05, 0) is 42.5 Å². The van der Waals surface area contributed by atoms with Gasteiger partial charge in [-0.15, -0.1) is 0 Å². The van der Waals surface area contributed by atoms with Crippen molar-refractivity contribution in [2.45, 2.75) is 12.0 Å². The Hall–Kier alpha value is -3.39. The molecule has 3 N–H and O–H groups in total. The number of halogens is 1. The minimum absolute atomic E-state index is 0.000290. The maximum Gasteiger partial charge on any atom is 0.254 e. The summed E-state index contributed by atoms with van der Waals surface area (Å²) in [7, 11) is 0. The highest BCUT2D eigenvalue weighted by atomic mass is 19.1. The Kier molecular flexibility index (Phi) is 5.41. The van der Waals surface area contributed by atoms with Gasteiger partial charge in [0.2, 0.25) is 5.91 Å². The number of primary amides is 1. The Balaban J connectivity index is 1.55. The molecule has 0 unspecified atom stereocenters. The first-order valence-electron chi connectivity index (χ1n) is 9.62. The fraction of sp³-hybridized carbons (Fsp3) is 0.273. The number of aromatic amines is 1. The van der Waals surface area contributed by atoms with E-state index in [9.17, 15) is 14.0 Å². The molecule has 7 nitrogen and oxygen atoms in total. The van der Waals surface area contributed by atoms with Gasteiger partial charge in [0.15, 0.2) is 0 Å². The van der Waals surface area contributed by atoms with Crippen LogP contribution < -0.4 is 10.5 Å². The van der Waals surface area contributed by atoms with Crippen LogP contribution in [0.25, 0.3) is 10.9 Å². The standard InChI is InChI=1S/C22H22FN3O4/c23-15-4-6-16(7-5-15)29-14-22(12-20(24)27)13-26(10-11-30-22)21(28)18-2-1-3-19-17(18)8-9-25-19/h1-9,25H,10-14H2,(H2,24,27)/t22-/m1/s1. The van der Waals surface area contributed by atoms with Crippen LogP contribution in [0.1, 0.15) is 16.8 Å². The largest absolute Gasteiger partial charge is 0.490 e. The molecule has 8 heteroatoms. The zero-order chi connectivity index (χ0) is 21.1. The number of nitrogens with zero attached hydrogens (tertiary/aromatic N) is 1. The summed E-state index contributed by atoms with van der Waals surface area (Å²) in [5.74, 6) is -0.651. The summed E-state index contributed by atoms with van der Waals surface area (Å²) in [6, 6.07) is 12.9. The molecule has 1 atom stereocenters. The van der Waals surface area contributed by atoms with E-state index < -0.39 is 11.5 Å². The van der Waals surface area contributed by atoms with Crippen molar-refractivity contribution in [3.8, 4) is 5.75 Å². The van der Waals surface area contributed by atoms with E-state index in [-0.39, 0.29) is 37.9 Å². The fourth-order valence-corrected chi connectivity index (χ4v) is 3.77. The lowest BCUT2D eigenvalue weighted by Gasteiger charge is -2.42. The maximum absolute atomic E-state index is 13.3. The van der Waals surface area contributed by atoms with Crippen LogP contribution in [0.3, 0.4) is 0 Å². The number of ether oxygens (including phenoxy) is 2. The molecule has 1 fully saturated rings. The monoisotopic (exact) mass is 411 g/mol. The molecule has 1 aliphatic heterocycles. The van der Waals surface area contributed by atoms with Crippen LogP contribution in [0.5, 0.6) is 5.75 Å². The summed E-state index contributed by atoms with van der Waals surface area (Å²) < 4.78 is 24.8. The molecular formula is C22H22FN3O4. The molecule has 0 spiro atoms. The number of hydrogen-bond acceptors (Lipinski definition) is 4. The van der Waals surface area contributed by atoms with Gasteiger partial charge >= 0.3 is 0 Å². The van der Waals surface area contributed by atoms with Gasteiger partial charge in [-0.1, -0.05) is 6.07 Å². The number of benzene rings is 2. The van der Waals surface area contributed by atoms with E-state index in [1.54, 1.807) is 17.2 Å². The summed E-state index contributed by atoms with van der Waals surface area (Å²) in [6.07, 6.45) is 1.68. The highest BCUT2D eigenvalue weighted by Gasteiger charge is 2.41. The lowest BCUT2D eigenvalue weighted by molar-refractivity contribution is -0.142. The average molecular weight is 411 g/mol. The molecule has 0 saturated carbocycles. The molecule has 2 aromatic carbocycles. The number of hydrogen-bond donors (Lipinski definition) is 2. The van der Waals surface area contributed by atoms with Gasteiger partial charge in [0.1, 0.15) is 23.8 Å². The van der Waals surface area contributed by atoms with E-state index in [4.69, 9.17) is 15.2 Å². The Morgan fingerprint density at radius 3 is 2.77 bits per heavy atom. The van der Waals surface area contributed by atoms with Crippen LogP contribution in [0.4, 0.5) is 4.39 Å². The quantitative estimate of drug-likeness (QED) is 0.651. The molecule has 0 bridgehead atoms. The third-order valence-corrected chi connectivity index (χ3v) is 5.17. The molecule has 4 rings (SSSR count). The molecule has 1 aliphatic rings. The number of carbonyl (C=O) groups is 2. The summed E-state index contributed by atoms with van der Waals surface area (Å²) in [6.45, 7) is 0.780. The highest BCUT2D eigenvalue weighted by Crippen LogP contribution is 2.27. The fourth-order valence-electron chi connectivity index (χ4n) is 3.77. The number of nitrogens with one attached hydrogen (secondary N) is 1. The number of amides is 2. The molecule has 1 aromatic heterocycles. The van der Waals surface area contributed by atoms with E-state index in [1.165, 1.54) is 24.3 Å². The second-order valence-corrected chi connectivity index (χ2v) is 7.39. The minimum atomic E-state index is -1.08. The predicted octanol–water partition coefficient (Wildman–Crippen LogP) is 2.47. The zero-order valence-corrected chi connectivity index (χ0v) is 16.3. The molecule has 0 aliphatic carbocycles. The van der Waals surface area contributed by atoms with E-state index >= 15 is 0 Å². The third-order valence-electron chi connectivity index (χ3n) is 5.17. The van der Waals surface area contributed by atoms with Gasteiger partial charge in [-0.2, -0.15) is 0 Å². The molecule has 3 aromatic rings. The number of H-pyrrole nitrogens is 1. The SMILES string of the molecule is NC(=O)C[C@]1(COc2ccc(F)cc2)CN(C(=O)c2cccc3[nH]ccc23)CCO1. The van der Waals surface area contributed by atoms with Gasteiger partial charge in [0.25, 0.3) is 5.91 Å². The smallest absolute Gasteiger partial charge is 0.254 e. The Morgan fingerprint density at radius 2 is 2.00 bits per heavy atom. The highest BCUT2D eigenvalue weighted by molar-refractivity contribution is 6.06. The Bertz CT molecular complexity index is 1070. The molecule has 156 valence electrons. The number of aromatic nitrogens is 1. The first kappa shape index (κ1) is 19.9. The van der Waals surface area contributed by atoms with Crippen molar-refractivity contribution in [1.29, 1.82) is 0 Å². The molecule has 0 radical (unpaired) electrons. The van der Waals surface area contributed by atoms with Gasteiger partial charge in [-0.3, -0.25) is 9.59 Å². The van der Waals surface area contributed by atoms with Crippen LogP contribution in [0.15, 0.2) is 54.7 Å². The topological polar surface area (TPSA) is 97.7 Å². The van der Waals surface area contributed by atoms with Crippen molar-refractivity contribution >= 4 is 22.7 Å². The van der Waals surface area contributed by atoms with Crippen molar-refractivity contribution in [3.63, 3.8) is 0 Å². The number of morpholine rings is 1. The number of carbonyl (C=O) groups excluding carboxylic acids is 2. The first-order valence-corrected chi connectivity index (χ1v) is 9.62. The molecule has 2 amide bonds. The van der Waals surface area contributed by atoms with Crippen molar-refractivity contribution in [1.82, 2.24) is 9.88 Å². The van der Waals surface area contributed by atoms with Crippen LogP contribution in [0.2, 0.25) is 0 Å². The number of nitrogens with two attached hydrogens (primary N) is 1. The molecule has 30 heavy (non-hydrogen) atoms. The molecule has 1 saturated heterocycles. The normalized spacial score (nSPS) is 19.0. The minimum Gasteiger partial charge on any atom is -0.490 e. The zero-order valence-electron chi connectivity index (χ0n) is 16.3. The van der Waals surface area contributed by atoms with Crippen molar-refractivity contribution in [2.24, 2.45) is 5.73 Å². The van der Waals surface area contributed by atoms with Crippen LogP contribution in [-0.2, 0) is 9.53 Å². The Labute approximate surface area is 172 Å². The number of fused-ring (bicyclic) bond motifs is 1. The predicted molar refractivity (Wildman–Crippen MR) is 109 cm³/mol. The van der Waals surface area contributed by atoms with Crippen LogP contribution in [-0.4, -0.2) is 53.6 Å². The van der Waals surface area contributed by atoms with Gasteiger partial charge < -0.3 is 25.1 Å². The molecule has 2 heterocycles. The van der Waals surface area contributed by atoms with Gasteiger partial charge in [0, 0.05) is 29.2 Å². The van der Waals surface area contributed by atoms with Crippen molar-refractivity contribution in [3.05, 3.63) is 66.1 Å². The van der Waals surface area contributed by atoms with Crippen LogP contribution >= 0.6 is 0 Å². The lowest BCUT2D eigenvalue weighted by Crippen LogP contribution is -2.58. The summed E-state index contributed by atoms with van der Waals surface area (Å²) in [5.41, 5.74) is 5.82. The molecular weight excluding hydrogens is 389 g/mol. The summed E-state index contributed by atoms with van der Waals surface area (Å²) in [5, 5.41) is 0.831. The van der Waals surface area contributed by atoms with E-state index in [2.05, 4.69) is 4.98 Å². The Morgan fingerprint density at radius 1 is 1.20 bits per heavy atom.